The summed E-state index contributed by atoms with van der Waals surface area (Å²) < 4.78 is 1.11. The molecule has 0 aliphatic heterocycles. The Balaban J connectivity index is 2.01. The van der Waals surface area contributed by atoms with Crippen molar-refractivity contribution >= 4 is 15.9 Å². The van der Waals surface area contributed by atoms with Crippen LogP contribution in [0.4, 0.5) is 0 Å². The van der Waals surface area contributed by atoms with Crippen molar-refractivity contribution in [1.82, 2.24) is 0 Å². The average Bonchev–Trinajstić information content (AvgIpc) is 2.91. The van der Waals surface area contributed by atoms with Gasteiger partial charge in [-0.2, -0.15) is 0 Å². The van der Waals surface area contributed by atoms with Crippen LogP contribution in [-0.4, -0.2) is 5.11 Å². The van der Waals surface area contributed by atoms with Gasteiger partial charge in [0.15, 0.2) is 0 Å². The van der Waals surface area contributed by atoms with Crippen molar-refractivity contribution in [3.63, 3.8) is 0 Å². The summed E-state index contributed by atoms with van der Waals surface area (Å²) in [5.74, 6) is 1.04. The van der Waals surface area contributed by atoms with Gasteiger partial charge in [0.05, 0.1) is 5.60 Å². The molecule has 1 aromatic rings. The summed E-state index contributed by atoms with van der Waals surface area (Å²) in [5, 5.41) is 10.8. The topological polar surface area (TPSA) is 20.2 Å². The lowest BCUT2D eigenvalue weighted by atomic mass is 9.98. The molecule has 16 heavy (non-hydrogen) atoms. The zero-order chi connectivity index (χ0) is 11.3. The summed E-state index contributed by atoms with van der Waals surface area (Å²) >= 11 is 3.55. The number of rotatable bonds is 1. The van der Waals surface area contributed by atoms with Gasteiger partial charge in [0.1, 0.15) is 0 Å². The Labute approximate surface area is 105 Å². The molecule has 2 heteroatoms. The van der Waals surface area contributed by atoms with E-state index in [0.717, 1.165) is 10.0 Å². The van der Waals surface area contributed by atoms with Crippen molar-refractivity contribution in [2.24, 2.45) is 11.8 Å². The molecule has 0 spiro atoms. The van der Waals surface area contributed by atoms with Crippen molar-refractivity contribution in [2.45, 2.75) is 38.2 Å². The van der Waals surface area contributed by atoms with Crippen LogP contribution in [0.25, 0.3) is 0 Å². The number of fused-ring (bicyclic) bond motifs is 1. The van der Waals surface area contributed by atoms with E-state index in [2.05, 4.69) is 28.9 Å². The van der Waals surface area contributed by atoms with Gasteiger partial charge >= 0.3 is 0 Å². The summed E-state index contributed by atoms with van der Waals surface area (Å²) in [4.78, 5) is 0. The summed E-state index contributed by atoms with van der Waals surface area (Å²) in [6.07, 6.45) is 4.98. The summed E-state index contributed by atoms with van der Waals surface area (Å²) in [6, 6.07) is 6.18. The molecule has 0 amide bonds. The number of benzene rings is 1. The molecule has 2 unspecified atom stereocenters. The van der Waals surface area contributed by atoms with Gasteiger partial charge in [-0.3, -0.25) is 0 Å². The SMILES string of the molecule is Cc1c(Br)cccc1C1(O)C2CCCCC21. The standard InChI is InChI=1S/C14H17BrO/c1-9-10(7-4-8-13(9)15)14(16)11-5-2-3-6-12(11)14/h4,7-8,11-12,16H,2-3,5-6H2,1H3. The minimum atomic E-state index is -0.510. The lowest BCUT2D eigenvalue weighted by molar-refractivity contribution is 0.117. The van der Waals surface area contributed by atoms with Crippen LogP contribution in [0.15, 0.2) is 22.7 Å². The highest BCUT2D eigenvalue weighted by Crippen LogP contribution is 2.65. The molecule has 2 atom stereocenters. The van der Waals surface area contributed by atoms with Crippen LogP contribution in [0.1, 0.15) is 36.8 Å². The first-order chi connectivity index (χ1) is 7.65. The Hall–Kier alpha value is -0.340. The molecular formula is C14H17BrO. The largest absolute Gasteiger partial charge is 0.385 e. The fourth-order valence-corrected chi connectivity index (χ4v) is 3.90. The first-order valence-electron chi connectivity index (χ1n) is 6.13. The Bertz CT molecular complexity index is 415. The molecular weight excluding hydrogens is 264 g/mol. The fraction of sp³-hybridized carbons (Fsp3) is 0.571. The highest BCUT2D eigenvalue weighted by atomic mass is 79.9. The van der Waals surface area contributed by atoms with E-state index in [-0.39, 0.29) is 0 Å². The van der Waals surface area contributed by atoms with Crippen LogP contribution in [0.5, 0.6) is 0 Å². The molecule has 2 fully saturated rings. The molecule has 2 saturated carbocycles. The molecule has 0 bridgehead atoms. The summed E-state index contributed by atoms with van der Waals surface area (Å²) in [6.45, 7) is 2.10. The molecule has 1 aromatic carbocycles. The number of halogens is 1. The van der Waals surface area contributed by atoms with Gasteiger partial charge in [-0.1, -0.05) is 40.9 Å². The van der Waals surface area contributed by atoms with Gasteiger partial charge in [0.25, 0.3) is 0 Å². The first-order valence-corrected chi connectivity index (χ1v) is 6.93. The van der Waals surface area contributed by atoms with Crippen LogP contribution in [0.3, 0.4) is 0 Å². The van der Waals surface area contributed by atoms with Crippen molar-refractivity contribution in [1.29, 1.82) is 0 Å². The first kappa shape index (κ1) is 10.8. The van der Waals surface area contributed by atoms with E-state index < -0.39 is 5.60 Å². The van der Waals surface area contributed by atoms with Crippen LogP contribution < -0.4 is 0 Å². The smallest absolute Gasteiger partial charge is 0.0963 e. The van der Waals surface area contributed by atoms with Gasteiger partial charge in [-0.15, -0.1) is 0 Å². The van der Waals surface area contributed by atoms with E-state index in [4.69, 9.17) is 0 Å². The monoisotopic (exact) mass is 280 g/mol. The second-order valence-electron chi connectivity index (χ2n) is 5.24. The molecule has 86 valence electrons. The second-order valence-corrected chi connectivity index (χ2v) is 6.09. The van der Waals surface area contributed by atoms with E-state index >= 15 is 0 Å². The van der Waals surface area contributed by atoms with Crippen molar-refractivity contribution in [3.05, 3.63) is 33.8 Å². The normalized spacial score (nSPS) is 36.9. The lowest BCUT2D eigenvalue weighted by Gasteiger charge is -2.15. The Morgan fingerprint density at radius 3 is 2.50 bits per heavy atom. The maximum Gasteiger partial charge on any atom is 0.0963 e. The van der Waals surface area contributed by atoms with Gasteiger partial charge in [-0.05, 0) is 48.8 Å². The third-order valence-electron chi connectivity index (χ3n) is 4.49. The molecule has 0 heterocycles. The third kappa shape index (κ3) is 1.32. The van der Waals surface area contributed by atoms with E-state index in [1.165, 1.54) is 31.2 Å². The average molecular weight is 281 g/mol. The van der Waals surface area contributed by atoms with E-state index in [0.29, 0.717) is 11.8 Å². The predicted octanol–water partition coefficient (Wildman–Crippen LogP) is 3.77. The molecule has 1 nitrogen and oxygen atoms in total. The minimum absolute atomic E-state index is 0.510. The van der Waals surface area contributed by atoms with Crippen molar-refractivity contribution < 1.29 is 5.11 Å². The highest BCUT2D eigenvalue weighted by molar-refractivity contribution is 9.10. The number of hydrogen-bond donors (Lipinski definition) is 1. The van der Waals surface area contributed by atoms with Crippen LogP contribution >= 0.6 is 15.9 Å². The fourth-order valence-electron chi connectivity index (χ4n) is 3.53. The number of hydrogen-bond acceptors (Lipinski definition) is 1. The van der Waals surface area contributed by atoms with Gasteiger partial charge in [-0.25, -0.2) is 0 Å². The molecule has 3 rings (SSSR count). The van der Waals surface area contributed by atoms with Crippen LogP contribution in [-0.2, 0) is 5.60 Å². The Kier molecular flexibility index (Phi) is 2.41. The van der Waals surface area contributed by atoms with E-state index in [1.807, 2.05) is 12.1 Å². The molecule has 1 N–H and O–H groups in total. The molecule has 2 aliphatic carbocycles. The Morgan fingerprint density at radius 1 is 1.25 bits per heavy atom. The molecule has 0 aromatic heterocycles. The number of aliphatic hydroxyl groups is 1. The zero-order valence-electron chi connectivity index (χ0n) is 9.54. The summed E-state index contributed by atoms with van der Waals surface area (Å²) in [7, 11) is 0. The molecule has 0 saturated heterocycles. The summed E-state index contributed by atoms with van der Waals surface area (Å²) in [5.41, 5.74) is 1.85. The van der Waals surface area contributed by atoms with E-state index in [9.17, 15) is 5.11 Å². The van der Waals surface area contributed by atoms with Crippen molar-refractivity contribution in [3.8, 4) is 0 Å². The predicted molar refractivity (Wildman–Crippen MR) is 68.2 cm³/mol. The molecule has 0 radical (unpaired) electrons. The van der Waals surface area contributed by atoms with Crippen LogP contribution in [0, 0.1) is 18.8 Å². The zero-order valence-corrected chi connectivity index (χ0v) is 11.1. The van der Waals surface area contributed by atoms with Crippen molar-refractivity contribution in [2.75, 3.05) is 0 Å². The lowest BCUT2D eigenvalue weighted by Crippen LogP contribution is -2.12. The highest BCUT2D eigenvalue weighted by Gasteiger charge is 2.64. The maximum atomic E-state index is 10.8. The minimum Gasteiger partial charge on any atom is -0.385 e. The second kappa shape index (κ2) is 3.58. The van der Waals surface area contributed by atoms with E-state index in [1.54, 1.807) is 0 Å². The van der Waals surface area contributed by atoms with Gasteiger partial charge < -0.3 is 5.11 Å². The molecule has 2 aliphatic rings. The quantitative estimate of drug-likeness (QED) is 0.831. The third-order valence-corrected chi connectivity index (χ3v) is 5.35. The van der Waals surface area contributed by atoms with Crippen LogP contribution in [0.2, 0.25) is 0 Å². The van der Waals surface area contributed by atoms with Gasteiger partial charge in [0.2, 0.25) is 0 Å². The van der Waals surface area contributed by atoms with Gasteiger partial charge in [0, 0.05) is 4.47 Å². The maximum absolute atomic E-state index is 10.8. The Morgan fingerprint density at radius 2 is 1.88 bits per heavy atom.